The van der Waals surface area contributed by atoms with Crippen molar-refractivity contribution in [3.8, 4) is 0 Å². The maximum atomic E-state index is 13.2. The van der Waals surface area contributed by atoms with E-state index in [0.29, 0.717) is 0 Å². The van der Waals surface area contributed by atoms with Crippen LogP contribution in [-0.4, -0.2) is 24.6 Å². The maximum absolute atomic E-state index is 13.2. The number of aromatic nitrogens is 1. The average Bonchev–Trinajstić information content (AvgIpc) is 2.58. The van der Waals surface area contributed by atoms with Gasteiger partial charge in [0.25, 0.3) is 0 Å². The lowest BCUT2D eigenvalue weighted by Gasteiger charge is -2.35. The summed E-state index contributed by atoms with van der Waals surface area (Å²) < 4.78 is 13.2. The standard InChI is InChI=1S/C19H24FN3/c1-19(9-12-21-13-10-19)14-23-18(17-4-2-3-11-22-17)15-5-7-16(20)8-6-15/h2-8,11,18,21,23H,9-10,12-14H2,1H3. The molecule has 2 N–H and O–H groups in total. The quantitative estimate of drug-likeness (QED) is 0.889. The van der Waals surface area contributed by atoms with Crippen LogP contribution in [-0.2, 0) is 0 Å². The Morgan fingerprint density at radius 3 is 2.57 bits per heavy atom. The third-order valence-electron chi connectivity index (χ3n) is 4.73. The highest BCUT2D eigenvalue weighted by Gasteiger charge is 2.28. The van der Waals surface area contributed by atoms with E-state index in [1.54, 1.807) is 6.20 Å². The summed E-state index contributed by atoms with van der Waals surface area (Å²) in [6.07, 6.45) is 4.14. The van der Waals surface area contributed by atoms with Gasteiger partial charge in [-0.15, -0.1) is 0 Å². The Balaban J connectivity index is 1.79. The lowest BCUT2D eigenvalue weighted by atomic mass is 9.80. The second-order valence-electron chi connectivity index (χ2n) is 6.68. The van der Waals surface area contributed by atoms with Gasteiger partial charge in [0.15, 0.2) is 0 Å². The molecule has 2 heterocycles. The molecule has 0 spiro atoms. The van der Waals surface area contributed by atoms with E-state index in [1.807, 2.05) is 30.3 Å². The normalized spacial score (nSPS) is 18.5. The van der Waals surface area contributed by atoms with Crippen LogP contribution < -0.4 is 10.6 Å². The van der Waals surface area contributed by atoms with Crippen molar-refractivity contribution < 1.29 is 4.39 Å². The Morgan fingerprint density at radius 2 is 1.91 bits per heavy atom. The second kappa shape index (κ2) is 7.20. The molecule has 0 bridgehead atoms. The summed E-state index contributed by atoms with van der Waals surface area (Å²) in [7, 11) is 0. The third kappa shape index (κ3) is 4.15. The summed E-state index contributed by atoms with van der Waals surface area (Å²) >= 11 is 0. The summed E-state index contributed by atoms with van der Waals surface area (Å²) in [5, 5.41) is 7.08. The van der Waals surface area contributed by atoms with Gasteiger partial charge in [0.05, 0.1) is 11.7 Å². The van der Waals surface area contributed by atoms with E-state index in [2.05, 4.69) is 22.5 Å². The number of nitrogens with zero attached hydrogens (tertiary/aromatic N) is 1. The van der Waals surface area contributed by atoms with Crippen molar-refractivity contribution in [2.75, 3.05) is 19.6 Å². The minimum Gasteiger partial charge on any atom is -0.317 e. The number of hydrogen-bond donors (Lipinski definition) is 2. The molecule has 2 aromatic rings. The predicted octanol–water partition coefficient (Wildman–Crippen LogP) is 3.29. The first-order valence-electron chi connectivity index (χ1n) is 8.27. The van der Waals surface area contributed by atoms with Crippen LogP contribution in [0.4, 0.5) is 4.39 Å². The summed E-state index contributed by atoms with van der Waals surface area (Å²) in [4.78, 5) is 4.50. The SMILES string of the molecule is CC1(CNC(c2ccc(F)cc2)c2ccccn2)CCNCC1. The molecule has 3 nitrogen and oxygen atoms in total. The molecule has 1 atom stereocenters. The van der Waals surface area contributed by atoms with Crippen molar-refractivity contribution in [1.82, 2.24) is 15.6 Å². The smallest absolute Gasteiger partial charge is 0.123 e. The van der Waals surface area contributed by atoms with E-state index in [-0.39, 0.29) is 17.3 Å². The highest BCUT2D eigenvalue weighted by Crippen LogP contribution is 2.29. The van der Waals surface area contributed by atoms with Gasteiger partial charge in [0.1, 0.15) is 5.82 Å². The molecule has 0 radical (unpaired) electrons. The van der Waals surface area contributed by atoms with Crippen LogP contribution in [0.3, 0.4) is 0 Å². The van der Waals surface area contributed by atoms with Crippen molar-refractivity contribution in [2.45, 2.75) is 25.8 Å². The summed E-state index contributed by atoms with van der Waals surface area (Å²) in [6, 6.07) is 12.6. The van der Waals surface area contributed by atoms with Gasteiger partial charge < -0.3 is 10.6 Å². The van der Waals surface area contributed by atoms with Crippen molar-refractivity contribution >= 4 is 0 Å². The van der Waals surface area contributed by atoms with E-state index in [9.17, 15) is 4.39 Å². The number of nitrogens with one attached hydrogen (secondary N) is 2. The molecule has 4 heteroatoms. The highest BCUT2D eigenvalue weighted by molar-refractivity contribution is 5.28. The Labute approximate surface area is 137 Å². The van der Waals surface area contributed by atoms with E-state index < -0.39 is 0 Å². The van der Waals surface area contributed by atoms with Crippen LogP contribution in [0.15, 0.2) is 48.7 Å². The molecule has 1 aliphatic rings. The first kappa shape index (κ1) is 16.1. The molecule has 1 aromatic carbocycles. The van der Waals surface area contributed by atoms with Crippen LogP contribution in [0.5, 0.6) is 0 Å². The molecular weight excluding hydrogens is 289 g/mol. The van der Waals surface area contributed by atoms with Gasteiger partial charge in [-0.05, 0) is 61.2 Å². The molecule has 1 aliphatic heterocycles. The number of pyridine rings is 1. The molecule has 0 saturated carbocycles. The fourth-order valence-electron chi connectivity index (χ4n) is 3.15. The first-order valence-corrected chi connectivity index (χ1v) is 8.27. The second-order valence-corrected chi connectivity index (χ2v) is 6.68. The lowest BCUT2D eigenvalue weighted by molar-refractivity contribution is 0.215. The molecule has 1 aromatic heterocycles. The van der Waals surface area contributed by atoms with E-state index in [4.69, 9.17) is 0 Å². The number of piperidine rings is 1. The van der Waals surface area contributed by atoms with Gasteiger partial charge in [-0.3, -0.25) is 4.98 Å². The van der Waals surface area contributed by atoms with Gasteiger partial charge in [0, 0.05) is 12.7 Å². The summed E-state index contributed by atoms with van der Waals surface area (Å²) in [6.45, 7) is 5.40. The van der Waals surface area contributed by atoms with Crippen molar-refractivity contribution in [1.29, 1.82) is 0 Å². The van der Waals surface area contributed by atoms with Crippen molar-refractivity contribution in [3.05, 3.63) is 65.7 Å². The largest absolute Gasteiger partial charge is 0.317 e. The number of halogens is 1. The summed E-state index contributed by atoms with van der Waals surface area (Å²) in [5.41, 5.74) is 2.30. The molecule has 1 saturated heterocycles. The van der Waals surface area contributed by atoms with Gasteiger partial charge in [-0.2, -0.15) is 0 Å². The third-order valence-corrected chi connectivity index (χ3v) is 4.73. The molecule has 122 valence electrons. The average molecular weight is 313 g/mol. The first-order chi connectivity index (χ1) is 11.2. The van der Waals surface area contributed by atoms with E-state index in [1.165, 1.54) is 25.0 Å². The van der Waals surface area contributed by atoms with E-state index >= 15 is 0 Å². The van der Waals surface area contributed by atoms with Crippen molar-refractivity contribution in [3.63, 3.8) is 0 Å². The Kier molecular flexibility index (Phi) is 5.03. The zero-order chi connectivity index (χ0) is 16.1. The molecule has 0 aliphatic carbocycles. The minimum absolute atomic E-state index is 0.0106. The Hall–Kier alpha value is -1.78. The van der Waals surface area contributed by atoms with Crippen LogP contribution in [0, 0.1) is 11.2 Å². The van der Waals surface area contributed by atoms with Gasteiger partial charge in [-0.25, -0.2) is 4.39 Å². The van der Waals surface area contributed by atoms with Gasteiger partial charge in [-0.1, -0.05) is 25.1 Å². The Bertz CT molecular complexity index is 606. The zero-order valence-corrected chi connectivity index (χ0v) is 13.6. The van der Waals surface area contributed by atoms with Gasteiger partial charge >= 0.3 is 0 Å². The fourth-order valence-corrected chi connectivity index (χ4v) is 3.15. The molecule has 23 heavy (non-hydrogen) atoms. The van der Waals surface area contributed by atoms with Crippen LogP contribution in [0.1, 0.15) is 37.1 Å². The lowest BCUT2D eigenvalue weighted by Crippen LogP contribution is -2.42. The maximum Gasteiger partial charge on any atom is 0.123 e. The summed E-state index contributed by atoms with van der Waals surface area (Å²) in [5.74, 6) is -0.209. The molecule has 3 rings (SSSR count). The van der Waals surface area contributed by atoms with Gasteiger partial charge in [0.2, 0.25) is 0 Å². The number of rotatable bonds is 5. The van der Waals surface area contributed by atoms with Crippen molar-refractivity contribution in [2.24, 2.45) is 5.41 Å². The van der Waals surface area contributed by atoms with Crippen LogP contribution >= 0.6 is 0 Å². The highest BCUT2D eigenvalue weighted by atomic mass is 19.1. The Morgan fingerprint density at radius 1 is 1.17 bits per heavy atom. The topological polar surface area (TPSA) is 37.0 Å². The monoisotopic (exact) mass is 313 g/mol. The fraction of sp³-hybridized carbons (Fsp3) is 0.421. The predicted molar refractivity (Wildman–Crippen MR) is 90.7 cm³/mol. The number of hydrogen-bond acceptors (Lipinski definition) is 3. The molecule has 1 unspecified atom stereocenters. The molecule has 1 fully saturated rings. The van der Waals surface area contributed by atoms with Crippen LogP contribution in [0.2, 0.25) is 0 Å². The minimum atomic E-state index is -0.209. The number of benzene rings is 1. The molecular formula is C19H24FN3. The van der Waals surface area contributed by atoms with E-state index in [0.717, 1.165) is 30.9 Å². The van der Waals surface area contributed by atoms with Crippen LogP contribution in [0.25, 0.3) is 0 Å². The molecule has 0 amide bonds. The zero-order valence-electron chi connectivity index (χ0n) is 13.6.